The average molecular weight is 395 g/mol. The van der Waals surface area contributed by atoms with Crippen molar-refractivity contribution in [2.45, 2.75) is 19.9 Å². The van der Waals surface area contributed by atoms with Gasteiger partial charge in [0.15, 0.2) is 0 Å². The van der Waals surface area contributed by atoms with E-state index in [1.165, 1.54) is 11.6 Å². The topological polar surface area (TPSA) is 55.2 Å². The number of rotatable bonds is 2. The van der Waals surface area contributed by atoms with Gasteiger partial charge in [-0.05, 0) is 60.9 Å². The summed E-state index contributed by atoms with van der Waals surface area (Å²) in [5, 5.41) is 1.86. The molecule has 30 heavy (non-hydrogen) atoms. The summed E-state index contributed by atoms with van der Waals surface area (Å²) in [6.07, 6.45) is 3.96. The fourth-order valence-electron chi connectivity index (χ4n) is 4.28. The summed E-state index contributed by atoms with van der Waals surface area (Å²) in [7, 11) is 0. The molecule has 0 fully saturated rings. The summed E-state index contributed by atoms with van der Waals surface area (Å²) in [6, 6.07) is 15.6. The van der Waals surface area contributed by atoms with Crippen LogP contribution in [0.15, 0.2) is 72.2 Å². The molecule has 0 saturated heterocycles. The monoisotopic (exact) mass is 395 g/mol. The third kappa shape index (κ3) is 2.90. The predicted molar refractivity (Wildman–Crippen MR) is 119 cm³/mol. The van der Waals surface area contributed by atoms with E-state index in [0.29, 0.717) is 13.1 Å². The SMILES string of the molecule is C=CC(=O)N1CCc2ccc(-n3c(=O)ccc4cnc5ccc(C)cc5c43)cc2C1. The first-order valence-corrected chi connectivity index (χ1v) is 10.00. The minimum atomic E-state index is -0.0914. The van der Waals surface area contributed by atoms with Gasteiger partial charge in [0.1, 0.15) is 0 Å². The summed E-state index contributed by atoms with van der Waals surface area (Å²) < 4.78 is 1.76. The number of aromatic nitrogens is 2. The molecule has 0 N–H and O–H groups in total. The normalized spacial score (nSPS) is 13.4. The Balaban J connectivity index is 1.75. The zero-order valence-electron chi connectivity index (χ0n) is 16.8. The summed E-state index contributed by atoms with van der Waals surface area (Å²) >= 11 is 0. The molecule has 0 spiro atoms. The third-order valence-corrected chi connectivity index (χ3v) is 5.82. The second kappa shape index (κ2) is 6.95. The van der Waals surface area contributed by atoms with Gasteiger partial charge < -0.3 is 4.90 Å². The highest BCUT2D eigenvalue weighted by molar-refractivity contribution is 6.04. The number of amides is 1. The Kier molecular flexibility index (Phi) is 4.24. The van der Waals surface area contributed by atoms with Crippen molar-refractivity contribution >= 4 is 27.7 Å². The van der Waals surface area contributed by atoms with Gasteiger partial charge in [-0.25, -0.2) is 0 Å². The maximum atomic E-state index is 13.0. The molecule has 0 radical (unpaired) electrons. The fraction of sp³-hybridized carbons (Fsp3) is 0.160. The Morgan fingerprint density at radius 2 is 1.97 bits per heavy atom. The molecule has 2 aromatic carbocycles. The molecule has 148 valence electrons. The van der Waals surface area contributed by atoms with Gasteiger partial charge in [-0.2, -0.15) is 0 Å². The maximum Gasteiger partial charge on any atom is 0.255 e. The van der Waals surface area contributed by atoms with E-state index in [1.54, 1.807) is 15.5 Å². The van der Waals surface area contributed by atoms with Gasteiger partial charge >= 0.3 is 0 Å². The lowest BCUT2D eigenvalue weighted by molar-refractivity contribution is -0.126. The van der Waals surface area contributed by atoms with E-state index >= 15 is 0 Å². The zero-order valence-corrected chi connectivity index (χ0v) is 16.8. The smallest absolute Gasteiger partial charge is 0.255 e. The quantitative estimate of drug-likeness (QED) is 0.382. The molecule has 5 heteroatoms. The van der Waals surface area contributed by atoms with Crippen LogP contribution in [0.2, 0.25) is 0 Å². The van der Waals surface area contributed by atoms with E-state index < -0.39 is 0 Å². The van der Waals surface area contributed by atoms with Gasteiger partial charge in [0.05, 0.1) is 11.0 Å². The molecule has 0 bridgehead atoms. The summed E-state index contributed by atoms with van der Waals surface area (Å²) in [6.45, 7) is 6.84. The molecular weight excluding hydrogens is 374 g/mol. The zero-order chi connectivity index (χ0) is 20.8. The van der Waals surface area contributed by atoms with E-state index in [1.807, 2.05) is 43.5 Å². The lowest BCUT2D eigenvalue weighted by atomic mass is 9.98. The lowest BCUT2D eigenvalue weighted by Crippen LogP contribution is -2.34. The Hall–Kier alpha value is -3.73. The van der Waals surface area contributed by atoms with E-state index in [0.717, 1.165) is 45.0 Å². The second-order valence-electron chi connectivity index (χ2n) is 7.76. The van der Waals surface area contributed by atoms with Crippen molar-refractivity contribution in [2.24, 2.45) is 0 Å². The highest BCUT2D eigenvalue weighted by atomic mass is 16.2. The molecule has 1 aliphatic rings. The van der Waals surface area contributed by atoms with Crippen molar-refractivity contribution in [1.29, 1.82) is 0 Å². The van der Waals surface area contributed by atoms with Gasteiger partial charge in [0.25, 0.3) is 5.56 Å². The van der Waals surface area contributed by atoms with Crippen molar-refractivity contribution in [3.63, 3.8) is 0 Å². The van der Waals surface area contributed by atoms with Crippen LogP contribution >= 0.6 is 0 Å². The highest BCUT2D eigenvalue weighted by Crippen LogP contribution is 2.28. The van der Waals surface area contributed by atoms with Gasteiger partial charge in [-0.1, -0.05) is 24.3 Å². The van der Waals surface area contributed by atoms with Crippen LogP contribution in [0.1, 0.15) is 16.7 Å². The van der Waals surface area contributed by atoms with Crippen molar-refractivity contribution in [1.82, 2.24) is 14.5 Å². The summed E-state index contributed by atoms with van der Waals surface area (Å²) in [5.41, 5.74) is 5.80. The van der Waals surface area contributed by atoms with Crippen molar-refractivity contribution in [3.8, 4) is 5.69 Å². The van der Waals surface area contributed by atoms with Gasteiger partial charge in [0.2, 0.25) is 5.91 Å². The Morgan fingerprint density at radius 3 is 2.80 bits per heavy atom. The van der Waals surface area contributed by atoms with Crippen LogP contribution in [0.5, 0.6) is 0 Å². The molecule has 0 unspecified atom stereocenters. The van der Waals surface area contributed by atoms with E-state index in [9.17, 15) is 9.59 Å². The summed E-state index contributed by atoms with van der Waals surface area (Å²) in [4.78, 5) is 31.4. The number of benzene rings is 2. The number of aryl methyl sites for hydroxylation is 1. The number of hydrogen-bond donors (Lipinski definition) is 0. The Labute approximate surface area is 173 Å². The van der Waals surface area contributed by atoms with Gasteiger partial charge in [-0.3, -0.25) is 19.1 Å². The molecular formula is C25H21N3O2. The van der Waals surface area contributed by atoms with Crippen LogP contribution in [-0.4, -0.2) is 26.9 Å². The van der Waals surface area contributed by atoms with E-state index in [4.69, 9.17) is 0 Å². The summed E-state index contributed by atoms with van der Waals surface area (Å²) in [5.74, 6) is -0.0686. The third-order valence-electron chi connectivity index (χ3n) is 5.82. The van der Waals surface area contributed by atoms with Crippen LogP contribution < -0.4 is 5.56 Å². The first-order chi connectivity index (χ1) is 14.5. The maximum absolute atomic E-state index is 13.0. The predicted octanol–water partition coefficient (Wildman–Crippen LogP) is 3.92. The molecule has 0 saturated carbocycles. The Morgan fingerprint density at radius 1 is 1.10 bits per heavy atom. The molecule has 0 aliphatic carbocycles. The largest absolute Gasteiger partial charge is 0.335 e. The Bertz CT molecular complexity index is 1400. The number of carbonyl (C=O) groups is 1. The first kappa shape index (κ1) is 18.3. The minimum Gasteiger partial charge on any atom is -0.335 e. The van der Waals surface area contributed by atoms with Crippen LogP contribution in [0.3, 0.4) is 0 Å². The molecule has 5 nitrogen and oxygen atoms in total. The number of hydrogen-bond acceptors (Lipinski definition) is 3. The van der Waals surface area contributed by atoms with Gasteiger partial charge in [-0.15, -0.1) is 0 Å². The molecule has 2 aromatic heterocycles. The first-order valence-electron chi connectivity index (χ1n) is 10.00. The standard InChI is InChI=1S/C25H21N3O2/c1-3-23(29)27-11-10-17-5-7-20(13-19(17)15-27)28-24(30)9-6-18-14-26-22-8-4-16(2)12-21(22)25(18)28/h3-9,12-14H,1,10-11,15H2,2H3. The van der Waals surface area contributed by atoms with E-state index in [2.05, 4.69) is 23.7 Å². The van der Waals surface area contributed by atoms with E-state index in [-0.39, 0.29) is 11.5 Å². The highest BCUT2D eigenvalue weighted by Gasteiger charge is 2.20. The molecule has 3 heterocycles. The molecule has 1 aliphatic heterocycles. The molecule has 5 rings (SSSR count). The van der Waals surface area contributed by atoms with Gasteiger partial charge in [0, 0.05) is 41.8 Å². The number of pyridine rings is 2. The lowest BCUT2D eigenvalue weighted by Gasteiger charge is -2.28. The van der Waals surface area contributed by atoms with Crippen molar-refractivity contribution < 1.29 is 4.79 Å². The number of carbonyl (C=O) groups excluding carboxylic acids is 1. The average Bonchev–Trinajstić information content (AvgIpc) is 2.77. The number of fused-ring (bicyclic) bond motifs is 4. The molecule has 0 atom stereocenters. The molecule has 1 amide bonds. The van der Waals surface area contributed by atoms with Crippen LogP contribution in [0, 0.1) is 6.92 Å². The molecule has 4 aromatic rings. The van der Waals surface area contributed by atoms with Crippen LogP contribution in [-0.2, 0) is 17.8 Å². The fourth-order valence-corrected chi connectivity index (χ4v) is 4.28. The van der Waals surface area contributed by atoms with Crippen molar-refractivity contribution in [2.75, 3.05) is 6.54 Å². The second-order valence-corrected chi connectivity index (χ2v) is 7.76. The number of nitrogens with zero attached hydrogens (tertiary/aromatic N) is 3. The van der Waals surface area contributed by atoms with Crippen LogP contribution in [0.25, 0.3) is 27.5 Å². The van der Waals surface area contributed by atoms with Crippen molar-refractivity contribution in [3.05, 3.63) is 94.4 Å². The van der Waals surface area contributed by atoms with Crippen LogP contribution in [0.4, 0.5) is 0 Å². The minimum absolute atomic E-state index is 0.0686.